The Kier molecular flexibility index (Phi) is 7.82. The number of carboxylic acid groups (broad SMARTS) is 1. The van der Waals surface area contributed by atoms with Crippen molar-refractivity contribution in [1.29, 1.82) is 0 Å². The molecule has 33 heavy (non-hydrogen) atoms. The van der Waals surface area contributed by atoms with Crippen LogP contribution in [0.4, 0.5) is 20.6 Å². The highest BCUT2D eigenvalue weighted by Gasteiger charge is 2.11. The minimum atomic E-state index is -0.949. The van der Waals surface area contributed by atoms with Gasteiger partial charge >= 0.3 is 12.0 Å². The normalized spacial score (nSPS) is 10.2. The number of aliphatic carboxylic acids is 1. The summed E-state index contributed by atoms with van der Waals surface area (Å²) in [6.45, 7) is 0. The number of nitrogens with one attached hydrogen (secondary N) is 3. The van der Waals surface area contributed by atoms with E-state index in [1.165, 1.54) is 37.5 Å². The molecule has 3 rings (SSSR count). The summed E-state index contributed by atoms with van der Waals surface area (Å²) in [7, 11) is 1.48. The number of benzene rings is 2. The summed E-state index contributed by atoms with van der Waals surface area (Å²) in [5, 5.41) is 16.2. The van der Waals surface area contributed by atoms with Crippen molar-refractivity contribution in [2.24, 2.45) is 0 Å². The molecule has 11 heteroatoms. The number of nitrogens with zero attached hydrogens (tertiary/aromatic N) is 1. The predicted molar refractivity (Wildman–Crippen MR) is 122 cm³/mol. The number of halogens is 1. The molecule has 1 heterocycles. The molecule has 0 saturated heterocycles. The molecular formula is C22H19FN4O5S. The van der Waals surface area contributed by atoms with Crippen LogP contribution in [0.15, 0.2) is 65.7 Å². The first-order valence-electron chi connectivity index (χ1n) is 9.52. The molecule has 0 unspecified atom stereocenters. The van der Waals surface area contributed by atoms with Gasteiger partial charge in [0.25, 0.3) is 5.91 Å². The lowest BCUT2D eigenvalue weighted by Crippen LogP contribution is -2.20. The number of amides is 3. The van der Waals surface area contributed by atoms with Crippen LogP contribution in [0.1, 0.15) is 10.5 Å². The molecule has 3 aromatic rings. The van der Waals surface area contributed by atoms with Gasteiger partial charge in [-0.05, 0) is 36.4 Å². The van der Waals surface area contributed by atoms with Gasteiger partial charge in [-0.1, -0.05) is 6.07 Å². The van der Waals surface area contributed by atoms with Crippen LogP contribution in [0.5, 0.6) is 11.5 Å². The Morgan fingerprint density at radius 1 is 1.06 bits per heavy atom. The first-order valence-corrected chi connectivity index (χ1v) is 10.5. The third-order valence-electron chi connectivity index (χ3n) is 4.07. The SMILES string of the molecule is CNC(=O)c1cc(Oc2ccc(NC(=O)Nc3cccc(SCC(=O)O)c3)c(F)c2)ccn1. The van der Waals surface area contributed by atoms with Gasteiger partial charge < -0.3 is 25.8 Å². The van der Waals surface area contributed by atoms with Crippen molar-refractivity contribution in [2.75, 3.05) is 23.4 Å². The Balaban J connectivity index is 1.62. The average molecular weight is 470 g/mol. The molecule has 0 fully saturated rings. The maximum absolute atomic E-state index is 14.5. The fourth-order valence-electron chi connectivity index (χ4n) is 2.62. The standard InChI is InChI=1S/C22H19FN4O5S/c1-24-21(30)19-11-15(7-8-25-19)32-14-5-6-18(17(23)10-14)27-22(31)26-13-3-2-4-16(9-13)33-12-20(28)29/h2-11H,12H2,1H3,(H,24,30)(H,28,29)(H2,26,27,31). The molecule has 3 amide bonds. The first-order chi connectivity index (χ1) is 15.8. The molecule has 0 aliphatic heterocycles. The van der Waals surface area contributed by atoms with E-state index in [0.29, 0.717) is 16.3 Å². The van der Waals surface area contributed by atoms with Gasteiger partial charge in [0.15, 0.2) is 0 Å². The molecule has 0 bridgehead atoms. The molecule has 0 saturated carbocycles. The molecule has 0 spiro atoms. The molecule has 9 nitrogen and oxygen atoms in total. The molecule has 2 aromatic carbocycles. The van der Waals surface area contributed by atoms with Gasteiger partial charge in [0.1, 0.15) is 23.0 Å². The first kappa shape index (κ1) is 23.5. The van der Waals surface area contributed by atoms with Crippen molar-refractivity contribution < 1.29 is 28.6 Å². The van der Waals surface area contributed by atoms with E-state index in [2.05, 4.69) is 20.9 Å². The fraction of sp³-hybridized carbons (Fsp3) is 0.0909. The number of hydrogen-bond donors (Lipinski definition) is 4. The summed E-state index contributed by atoms with van der Waals surface area (Å²) in [4.78, 5) is 39.2. The molecule has 0 radical (unpaired) electrons. The van der Waals surface area contributed by atoms with Gasteiger partial charge in [0.05, 0.1) is 11.4 Å². The summed E-state index contributed by atoms with van der Waals surface area (Å²) in [6, 6.07) is 12.8. The summed E-state index contributed by atoms with van der Waals surface area (Å²) < 4.78 is 20.1. The number of aromatic nitrogens is 1. The Morgan fingerprint density at radius 3 is 2.58 bits per heavy atom. The summed E-state index contributed by atoms with van der Waals surface area (Å²) in [6.07, 6.45) is 1.39. The second-order valence-corrected chi connectivity index (χ2v) is 7.54. The Hall–Kier alpha value is -4.12. The lowest BCUT2D eigenvalue weighted by molar-refractivity contribution is -0.133. The summed E-state index contributed by atoms with van der Waals surface area (Å²) in [5.74, 6) is -1.72. The van der Waals surface area contributed by atoms with Crippen LogP contribution in [0.25, 0.3) is 0 Å². The van der Waals surface area contributed by atoms with E-state index in [-0.39, 0.29) is 28.8 Å². The minimum Gasteiger partial charge on any atom is -0.481 e. The number of hydrogen-bond acceptors (Lipinski definition) is 6. The predicted octanol–water partition coefficient (Wildman–Crippen LogP) is 4.19. The zero-order chi connectivity index (χ0) is 23.8. The van der Waals surface area contributed by atoms with E-state index in [9.17, 15) is 18.8 Å². The van der Waals surface area contributed by atoms with Crippen molar-refractivity contribution in [3.8, 4) is 11.5 Å². The van der Waals surface area contributed by atoms with Crippen LogP contribution >= 0.6 is 11.8 Å². The number of pyridine rings is 1. The Morgan fingerprint density at radius 2 is 1.85 bits per heavy atom. The van der Waals surface area contributed by atoms with E-state index in [1.807, 2.05) is 0 Å². The van der Waals surface area contributed by atoms with Crippen LogP contribution in [0.2, 0.25) is 0 Å². The second-order valence-electron chi connectivity index (χ2n) is 6.49. The van der Waals surface area contributed by atoms with Crippen LogP contribution in [-0.4, -0.2) is 40.8 Å². The van der Waals surface area contributed by atoms with Crippen LogP contribution in [0.3, 0.4) is 0 Å². The zero-order valence-electron chi connectivity index (χ0n) is 17.3. The molecule has 0 atom stereocenters. The van der Waals surface area contributed by atoms with E-state index in [4.69, 9.17) is 9.84 Å². The number of carbonyl (C=O) groups excluding carboxylic acids is 2. The maximum Gasteiger partial charge on any atom is 0.323 e. The van der Waals surface area contributed by atoms with Gasteiger partial charge in [-0.25, -0.2) is 9.18 Å². The molecule has 170 valence electrons. The third-order valence-corrected chi connectivity index (χ3v) is 5.05. The monoisotopic (exact) mass is 470 g/mol. The zero-order valence-corrected chi connectivity index (χ0v) is 18.1. The van der Waals surface area contributed by atoms with Crippen LogP contribution in [0, 0.1) is 5.82 Å². The summed E-state index contributed by atoms with van der Waals surface area (Å²) >= 11 is 1.11. The topological polar surface area (TPSA) is 130 Å². The van der Waals surface area contributed by atoms with E-state index >= 15 is 0 Å². The van der Waals surface area contributed by atoms with Crippen LogP contribution in [-0.2, 0) is 4.79 Å². The molecular weight excluding hydrogens is 451 g/mol. The van der Waals surface area contributed by atoms with Crippen molar-refractivity contribution >= 4 is 41.0 Å². The largest absolute Gasteiger partial charge is 0.481 e. The number of ether oxygens (including phenoxy) is 1. The van der Waals surface area contributed by atoms with E-state index < -0.39 is 17.8 Å². The van der Waals surface area contributed by atoms with Crippen molar-refractivity contribution in [3.05, 3.63) is 72.3 Å². The number of anilines is 2. The Bertz CT molecular complexity index is 1190. The molecule has 0 aliphatic rings. The summed E-state index contributed by atoms with van der Waals surface area (Å²) in [5.41, 5.74) is 0.501. The minimum absolute atomic E-state index is 0.0722. The number of thioether (sulfide) groups is 1. The van der Waals surface area contributed by atoms with E-state index in [1.54, 1.807) is 24.3 Å². The van der Waals surface area contributed by atoms with Gasteiger partial charge in [0.2, 0.25) is 0 Å². The van der Waals surface area contributed by atoms with Crippen LogP contribution < -0.4 is 20.7 Å². The fourth-order valence-corrected chi connectivity index (χ4v) is 3.29. The Labute approximate surface area is 192 Å². The lowest BCUT2D eigenvalue weighted by Gasteiger charge is -2.11. The quantitative estimate of drug-likeness (QED) is 0.363. The van der Waals surface area contributed by atoms with Crippen molar-refractivity contribution in [1.82, 2.24) is 10.3 Å². The maximum atomic E-state index is 14.5. The number of carbonyl (C=O) groups is 3. The second kappa shape index (κ2) is 11.0. The highest BCUT2D eigenvalue weighted by atomic mass is 32.2. The van der Waals surface area contributed by atoms with Crippen molar-refractivity contribution in [3.63, 3.8) is 0 Å². The third kappa shape index (κ3) is 6.94. The van der Waals surface area contributed by atoms with Gasteiger partial charge in [-0.15, -0.1) is 11.8 Å². The van der Waals surface area contributed by atoms with Gasteiger partial charge in [-0.3, -0.25) is 14.6 Å². The number of rotatable bonds is 8. The number of urea groups is 1. The lowest BCUT2D eigenvalue weighted by atomic mass is 10.2. The number of carboxylic acids is 1. The average Bonchev–Trinajstić information content (AvgIpc) is 2.79. The smallest absolute Gasteiger partial charge is 0.323 e. The van der Waals surface area contributed by atoms with E-state index in [0.717, 1.165) is 17.8 Å². The van der Waals surface area contributed by atoms with Gasteiger partial charge in [0, 0.05) is 36.0 Å². The molecule has 0 aliphatic carbocycles. The molecule has 4 N–H and O–H groups in total. The highest BCUT2D eigenvalue weighted by Crippen LogP contribution is 2.26. The highest BCUT2D eigenvalue weighted by molar-refractivity contribution is 8.00. The molecule has 1 aromatic heterocycles. The van der Waals surface area contributed by atoms with Crippen molar-refractivity contribution in [2.45, 2.75) is 4.90 Å². The van der Waals surface area contributed by atoms with Gasteiger partial charge in [-0.2, -0.15) is 0 Å².